The van der Waals surface area contributed by atoms with Gasteiger partial charge in [-0.05, 0) is 105 Å². The Morgan fingerprint density at radius 1 is 0.839 bits per heavy atom. The monoisotopic (exact) mass is 422 g/mol. The highest BCUT2D eigenvalue weighted by Gasteiger charge is 2.48. The summed E-state index contributed by atoms with van der Waals surface area (Å²) in [6.07, 6.45) is 25.3. The minimum atomic E-state index is 0.470. The molecule has 0 atom stereocenters. The van der Waals surface area contributed by atoms with Crippen LogP contribution < -0.4 is 0 Å². The van der Waals surface area contributed by atoms with E-state index in [1.807, 2.05) is 0 Å². The van der Waals surface area contributed by atoms with E-state index < -0.39 is 0 Å². The van der Waals surface area contributed by atoms with Crippen LogP contribution in [0.3, 0.4) is 0 Å². The number of hydrogen-bond acceptors (Lipinski definition) is 1. The van der Waals surface area contributed by atoms with Crippen LogP contribution in [0.1, 0.15) is 127 Å². The second-order valence-electron chi connectivity index (χ2n) is 11.1. The molecule has 1 aromatic carbocycles. The molecule has 4 saturated carbocycles. The fraction of sp³-hybridized carbons (Fsp3) is 0.733. The Kier molecular flexibility index (Phi) is 7.96. The molecule has 5 rings (SSSR count). The molecule has 0 aliphatic heterocycles. The molecular formula is C30H46O. The molecule has 172 valence electrons. The van der Waals surface area contributed by atoms with Gasteiger partial charge in [0.2, 0.25) is 0 Å². The number of hydrogen-bond donors (Lipinski definition) is 0. The maximum Gasteiger partial charge on any atom is 0.0651 e. The summed E-state index contributed by atoms with van der Waals surface area (Å²) in [5.74, 6) is 0.737. The average Bonchev–Trinajstić information content (AvgIpc) is 2.83. The van der Waals surface area contributed by atoms with E-state index >= 15 is 0 Å². The van der Waals surface area contributed by atoms with Crippen molar-refractivity contribution < 1.29 is 4.74 Å². The molecule has 0 heterocycles. The van der Waals surface area contributed by atoms with Gasteiger partial charge in [0.05, 0.1) is 12.7 Å². The largest absolute Gasteiger partial charge is 0.374 e. The first-order chi connectivity index (χ1) is 15.2. The predicted molar refractivity (Wildman–Crippen MR) is 133 cm³/mol. The average molecular weight is 423 g/mol. The quantitative estimate of drug-likeness (QED) is 0.270. The lowest BCUT2D eigenvalue weighted by atomic mass is 9.51. The van der Waals surface area contributed by atoms with Crippen molar-refractivity contribution in [3.8, 4) is 0 Å². The highest BCUT2D eigenvalue weighted by molar-refractivity contribution is 5.33. The Labute approximate surface area is 192 Å². The van der Waals surface area contributed by atoms with Gasteiger partial charge < -0.3 is 4.74 Å². The van der Waals surface area contributed by atoms with Gasteiger partial charge in [0, 0.05) is 0 Å². The van der Waals surface area contributed by atoms with Gasteiger partial charge in [-0.15, -0.1) is 0 Å². The Hall–Kier alpha value is -1.08. The summed E-state index contributed by atoms with van der Waals surface area (Å²) in [5.41, 5.74) is 4.44. The van der Waals surface area contributed by atoms with E-state index in [4.69, 9.17) is 4.74 Å². The van der Waals surface area contributed by atoms with Crippen molar-refractivity contribution in [3.63, 3.8) is 0 Å². The van der Waals surface area contributed by atoms with Crippen LogP contribution in [0.5, 0.6) is 0 Å². The minimum absolute atomic E-state index is 0.470. The van der Waals surface area contributed by atoms with E-state index in [-0.39, 0.29) is 0 Å². The van der Waals surface area contributed by atoms with E-state index in [0.29, 0.717) is 16.9 Å². The van der Waals surface area contributed by atoms with Crippen molar-refractivity contribution in [1.29, 1.82) is 0 Å². The number of unbranched alkanes of at least 4 members (excludes halogenated alkanes) is 2. The summed E-state index contributed by atoms with van der Waals surface area (Å²) in [5, 5.41) is 0. The fourth-order valence-electron chi connectivity index (χ4n) is 6.97. The third-order valence-corrected chi connectivity index (χ3v) is 9.17. The SMILES string of the molecule is CCCCC=CCO[C@H]1CC[C@H](c2ccc(C34CCC(CCC)(CC3)CC4)cc2)CC1. The smallest absolute Gasteiger partial charge is 0.0651 e. The molecule has 1 heteroatoms. The van der Waals surface area contributed by atoms with Crippen molar-refractivity contribution >= 4 is 0 Å². The normalized spacial score (nSPS) is 33.2. The zero-order valence-corrected chi connectivity index (χ0v) is 20.3. The molecule has 2 bridgehead atoms. The van der Waals surface area contributed by atoms with Crippen LogP contribution in [0.15, 0.2) is 36.4 Å². The van der Waals surface area contributed by atoms with Crippen molar-refractivity contribution in [1.82, 2.24) is 0 Å². The standard InChI is InChI=1S/C30H46O/c1-3-5-6-7-8-24-31-28-15-11-26(12-16-28)25-9-13-27(14-10-25)30-21-18-29(17-4-2,19-22-30)20-23-30/h7-10,13-14,26,28H,3-6,11-12,15-24H2,1-2H3/t26-,28-,29?,30?. The van der Waals surface area contributed by atoms with Gasteiger partial charge in [0.1, 0.15) is 0 Å². The molecule has 0 radical (unpaired) electrons. The van der Waals surface area contributed by atoms with Gasteiger partial charge in [-0.3, -0.25) is 0 Å². The lowest BCUT2D eigenvalue weighted by Crippen LogP contribution is -2.44. The predicted octanol–water partition coefficient (Wildman–Crippen LogP) is 8.87. The molecular weight excluding hydrogens is 376 g/mol. The van der Waals surface area contributed by atoms with E-state index in [9.17, 15) is 0 Å². The molecule has 0 unspecified atom stereocenters. The first-order valence-electron chi connectivity index (χ1n) is 13.6. The molecule has 0 aromatic heterocycles. The van der Waals surface area contributed by atoms with E-state index in [1.54, 1.807) is 11.1 Å². The summed E-state index contributed by atoms with van der Waals surface area (Å²) < 4.78 is 6.12. The molecule has 31 heavy (non-hydrogen) atoms. The Morgan fingerprint density at radius 2 is 1.52 bits per heavy atom. The molecule has 0 saturated heterocycles. The maximum absolute atomic E-state index is 6.12. The molecule has 0 amide bonds. The van der Waals surface area contributed by atoms with Crippen LogP contribution in [0, 0.1) is 5.41 Å². The van der Waals surface area contributed by atoms with Crippen molar-refractivity contribution in [2.75, 3.05) is 6.61 Å². The van der Waals surface area contributed by atoms with Gasteiger partial charge in [-0.1, -0.05) is 69.5 Å². The fourth-order valence-corrected chi connectivity index (χ4v) is 6.97. The lowest BCUT2D eigenvalue weighted by Gasteiger charge is -2.54. The van der Waals surface area contributed by atoms with Gasteiger partial charge >= 0.3 is 0 Å². The van der Waals surface area contributed by atoms with Gasteiger partial charge in [-0.25, -0.2) is 0 Å². The van der Waals surface area contributed by atoms with Gasteiger partial charge in [0.15, 0.2) is 0 Å². The second kappa shape index (κ2) is 10.7. The first-order valence-corrected chi connectivity index (χ1v) is 13.6. The number of rotatable bonds is 10. The summed E-state index contributed by atoms with van der Waals surface area (Å²) >= 11 is 0. The van der Waals surface area contributed by atoms with Crippen molar-refractivity contribution in [2.45, 2.75) is 128 Å². The number of allylic oxidation sites excluding steroid dienone is 1. The Morgan fingerprint density at radius 3 is 2.13 bits per heavy atom. The molecule has 4 aliphatic carbocycles. The lowest BCUT2D eigenvalue weighted by molar-refractivity contribution is 0.0320. The van der Waals surface area contributed by atoms with Crippen LogP contribution in [-0.4, -0.2) is 12.7 Å². The molecule has 0 N–H and O–H groups in total. The van der Waals surface area contributed by atoms with Crippen LogP contribution in [-0.2, 0) is 10.2 Å². The summed E-state index contributed by atoms with van der Waals surface area (Å²) in [7, 11) is 0. The summed E-state index contributed by atoms with van der Waals surface area (Å²) in [4.78, 5) is 0. The van der Waals surface area contributed by atoms with Crippen LogP contribution in [0.25, 0.3) is 0 Å². The van der Waals surface area contributed by atoms with Crippen LogP contribution >= 0.6 is 0 Å². The molecule has 4 aliphatic rings. The molecule has 1 nitrogen and oxygen atoms in total. The second-order valence-corrected chi connectivity index (χ2v) is 11.1. The van der Waals surface area contributed by atoms with Crippen LogP contribution in [0.2, 0.25) is 0 Å². The zero-order valence-electron chi connectivity index (χ0n) is 20.3. The van der Waals surface area contributed by atoms with E-state index in [1.165, 1.54) is 96.3 Å². The van der Waals surface area contributed by atoms with Crippen molar-refractivity contribution in [3.05, 3.63) is 47.5 Å². The van der Waals surface area contributed by atoms with Gasteiger partial charge in [0.25, 0.3) is 0 Å². The zero-order chi connectivity index (χ0) is 21.6. The number of ether oxygens (including phenoxy) is 1. The minimum Gasteiger partial charge on any atom is -0.374 e. The first kappa shape index (κ1) is 23.1. The highest BCUT2D eigenvalue weighted by atomic mass is 16.5. The van der Waals surface area contributed by atoms with E-state index in [2.05, 4.69) is 50.3 Å². The molecule has 4 fully saturated rings. The van der Waals surface area contributed by atoms with Crippen LogP contribution in [0.4, 0.5) is 0 Å². The third kappa shape index (κ3) is 5.47. The molecule has 0 spiro atoms. The Balaban J connectivity index is 1.25. The van der Waals surface area contributed by atoms with E-state index in [0.717, 1.165) is 12.5 Å². The summed E-state index contributed by atoms with van der Waals surface area (Å²) in [6, 6.07) is 9.98. The van der Waals surface area contributed by atoms with Gasteiger partial charge in [-0.2, -0.15) is 0 Å². The highest BCUT2D eigenvalue weighted by Crippen LogP contribution is 2.59. The number of benzene rings is 1. The summed E-state index contributed by atoms with van der Waals surface area (Å²) in [6.45, 7) is 5.42. The Bertz CT molecular complexity index is 667. The maximum atomic E-state index is 6.12. The third-order valence-electron chi connectivity index (χ3n) is 9.17. The molecule has 1 aromatic rings. The topological polar surface area (TPSA) is 9.23 Å². The number of fused-ring (bicyclic) bond motifs is 3. The van der Waals surface area contributed by atoms with Crippen molar-refractivity contribution in [2.24, 2.45) is 5.41 Å².